The van der Waals surface area contributed by atoms with Crippen LogP contribution in [0.4, 0.5) is 4.39 Å². The molecular formula is C22H28FN4O3P3. The average molecular weight is 508 g/mol. The third-order valence-electron chi connectivity index (χ3n) is 5.17. The van der Waals surface area contributed by atoms with E-state index in [4.69, 9.17) is 4.74 Å². The summed E-state index contributed by atoms with van der Waals surface area (Å²) in [5.41, 5.74) is 0.771. The van der Waals surface area contributed by atoms with Crippen molar-refractivity contribution >= 4 is 39.1 Å². The van der Waals surface area contributed by atoms with Crippen molar-refractivity contribution in [3.8, 4) is 11.4 Å². The van der Waals surface area contributed by atoms with E-state index in [-0.39, 0.29) is 22.5 Å². The molecule has 3 unspecified atom stereocenters. The smallest absolute Gasteiger partial charge is 0.350 e. The van der Waals surface area contributed by atoms with Crippen LogP contribution in [0.5, 0.6) is 5.75 Å². The molecule has 1 aromatic carbocycles. The van der Waals surface area contributed by atoms with Crippen molar-refractivity contribution in [3.05, 3.63) is 69.9 Å². The van der Waals surface area contributed by atoms with E-state index in [2.05, 4.69) is 37.8 Å². The van der Waals surface area contributed by atoms with Crippen LogP contribution in [0.2, 0.25) is 0 Å². The van der Waals surface area contributed by atoms with Gasteiger partial charge in [0, 0.05) is 35.5 Å². The summed E-state index contributed by atoms with van der Waals surface area (Å²) < 4.78 is 23.8. The number of nitrogens with zero attached hydrogens (tertiary/aromatic N) is 4. The fourth-order valence-corrected chi connectivity index (χ4v) is 3.65. The van der Waals surface area contributed by atoms with E-state index in [9.17, 15) is 9.90 Å². The number of aromatic nitrogens is 4. The van der Waals surface area contributed by atoms with Crippen LogP contribution in [0.1, 0.15) is 37.7 Å². The van der Waals surface area contributed by atoms with Crippen molar-refractivity contribution in [3.63, 3.8) is 0 Å². The molecule has 0 saturated carbocycles. The maximum Gasteiger partial charge on any atom is 0.350 e. The van der Waals surface area contributed by atoms with Crippen molar-refractivity contribution in [2.45, 2.75) is 44.9 Å². The number of halogens is 1. The summed E-state index contributed by atoms with van der Waals surface area (Å²) in [6.45, 7) is 5.51. The summed E-state index contributed by atoms with van der Waals surface area (Å²) >= 11 is 0. The van der Waals surface area contributed by atoms with Gasteiger partial charge in [-0.05, 0) is 49.9 Å². The number of rotatable bonds is 8. The van der Waals surface area contributed by atoms with E-state index in [0.29, 0.717) is 23.2 Å². The second-order valence-corrected chi connectivity index (χ2v) is 11.6. The zero-order valence-electron chi connectivity index (χ0n) is 18.7. The van der Waals surface area contributed by atoms with Crippen LogP contribution in [0.15, 0.2) is 41.5 Å². The minimum absolute atomic E-state index is 0.0544. The van der Waals surface area contributed by atoms with E-state index in [1.165, 1.54) is 16.7 Å². The molecule has 0 aliphatic carbocycles. The van der Waals surface area contributed by atoms with E-state index in [1.807, 2.05) is 32.1 Å². The van der Waals surface area contributed by atoms with Crippen LogP contribution in [-0.2, 0) is 13.2 Å². The van der Waals surface area contributed by atoms with Gasteiger partial charge in [0.05, 0.1) is 0 Å². The second-order valence-electron chi connectivity index (χ2n) is 7.82. The number of pyridine rings is 1. The largest absolute Gasteiger partial charge is 0.489 e. The Morgan fingerprint density at radius 2 is 2.12 bits per heavy atom. The lowest BCUT2D eigenvalue weighted by Gasteiger charge is -2.28. The molecule has 0 spiro atoms. The Morgan fingerprint density at radius 1 is 1.39 bits per heavy atom. The molecule has 176 valence electrons. The van der Waals surface area contributed by atoms with Gasteiger partial charge in [-0.1, -0.05) is 6.07 Å². The molecule has 0 bridgehead atoms. The molecule has 3 rings (SSSR count). The standard InChI is InChI=1S/C22H28FN4O3P3/c1-4-26-20(12-28)25-27(21(26)29)17-10-18(30-13(2)22(3,32)33)15(9-16(17)23)19(31)8-14-6-5-7-24-11-14/h5-11,13,28H,4,12,31-33H2,1-3H3/b19-8-/t13-/m0/s1. The number of aliphatic hydroxyl groups excluding tert-OH is 1. The fourth-order valence-electron chi connectivity index (χ4n) is 3.09. The van der Waals surface area contributed by atoms with Crippen LogP contribution in [-0.4, -0.2) is 35.4 Å². The highest BCUT2D eigenvalue weighted by atomic mass is 31.1. The van der Waals surface area contributed by atoms with Gasteiger partial charge in [0.15, 0.2) is 5.82 Å². The Bertz CT molecular complexity index is 1220. The summed E-state index contributed by atoms with van der Waals surface area (Å²) in [7, 11) is 8.02. The zero-order valence-corrected chi connectivity index (χ0v) is 22.2. The molecule has 0 saturated heterocycles. The highest BCUT2D eigenvalue weighted by Gasteiger charge is 2.25. The molecule has 11 heteroatoms. The van der Waals surface area contributed by atoms with Gasteiger partial charge in [-0.3, -0.25) is 9.55 Å². The molecule has 7 nitrogen and oxygen atoms in total. The molecular weight excluding hydrogens is 480 g/mol. The van der Waals surface area contributed by atoms with Crippen molar-refractivity contribution < 1.29 is 14.2 Å². The van der Waals surface area contributed by atoms with Crippen molar-refractivity contribution in [1.82, 2.24) is 19.3 Å². The van der Waals surface area contributed by atoms with E-state index in [1.54, 1.807) is 19.3 Å². The highest BCUT2D eigenvalue weighted by Crippen LogP contribution is 2.38. The van der Waals surface area contributed by atoms with Gasteiger partial charge in [-0.15, -0.1) is 32.8 Å². The molecule has 0 aliphatic heterocycles. The monoisotopic (exact) mass is 508 g/mol. The molecule has 0 amide bonds. The molecule has 2 aromatic heterocycles. The maximum absolute atomic E-state index is 15.3. The predicted molar refractivity (Wildman–Crippen MR) is 139 cm³/mol. The molecule has 4 atom stereocenters. The molecule has 2 heterocycles. The normalized spacial score (nSPS) is 13.3. The molecule has 0 aliphatic rings. The topological polar surface area (TPSA) is 82.2 Å². The Labute approximate surface area is 199 Å². The van der Waals surface area contributed by atoms with Gasteiger partial charge >= 0.3 is 5.69 Å². The lowest BCUT2D eigenvalue weighted by atomic mass is 10.1. The molecule has 33 heavy (non-hydrogen) atoms. The number of hydrogen-bond donors (Lipinski definition) is 1. The van der Waals surface area contributed by atoms with Crippen LogP contribution in [0.3, 0.4) is 0 Å². The number of benzene rings is 1. The van der Waals surface area contributed by atoms with Crippen molar-refractivity contribution in [2.24, 2.45) is 0 Å². The van der Waals surface area contributed by atoms with Crippen molar-refractivity contribution in [2.75, 3.05) is 0 Å². The Hall–Kier alpha value is -1.97. The Morgan fingerprint density at radius 3 is 2.67 bits per heavy atom. The minimum Gasteiger partial charge on any atom is -0.489 e. The van der Waals surface area contributed by atoms with Crippen LogP contribution in [0, 0.1) is 5.82 Å². The summed E-state index contributed by atoms with van der Waals surface area (Å²) in [4.78, 5) is 16.6. The highest BCUT2D eigenvalue weighted by molar-refractivity contribution is 7.39. The van der Waals surface area contributed by atoms with Gasteiger partial charge in [-0.25, -0.2) is 9.18 Å². The van der Waals surface area contributed by atoms with Crippen LogP contribution in [0.25, 0.3) is 17.1 Å². The SMILES string of the molecule is CCn1c(CO)nn(-c2cc(O[C@@H](C)C(C)(P)P)c(/C(P)=C/c3cccnc3)cc2F)c1=O. The molecule has 1 N–H and O–H groups in total. The summed E-state index contributed by atoms with van der Waals surface area (Å²) in [5.74, 6) is -0.0902. The first-order valence-corrected chi connectivity index (χ1v) is 12.1. The third-order valence-corrected chi connectivity index (χ3v) is 6.59. The number of aliphatic hydroxyl groups is 1. The fraction of sp³-hybridized carbons (Fsp3) is 0.318. The zero-order chi connectivity index (χ0) is 24.3. The van der Waals surface area contributed by atoms with E-state index >= 15 is 4.39 Å². The van der Waals surface area contributed by atoms with Crippen LogP contribution >= 0.6 is 27.7 Å². The summed E-state index contributed by atoms with van der Waals surface area (Å²) in [6.07, 6.45) is 4.95. The minimum atomic E-state index is -0.642. The molecule has 0 fully saturated rings. The number of hydrogen-bond acceptors (Lipinski definition) is 5. The van der Waals surface area contributed by atoms with Gasteiger partial charge in [0.25, 0.3) is 0 Å². The lowest BCUT2D eigenvalue weighted by Crippen LogP contribution is -2.30. The Kier molecular flexibility index (Phi) is 8.18. The van der Waals surface area contributed by atoms with Gasteiger partial charge < -0.3 is 9.84 Å². The first kappa shape index (κ1) is 25.6. The molecule has 0 radical (unpaired) electrons. The van der Waals surface area contributed by atoms with Crippen LogP contribution < -0.4 is 10.4 Å². The maximum atomic E-state index is 15.3. The summed E-state index contributed by atoms with van der Waals surface area (Å²) in [5, 5.41) is 14.4. The van der Waals surface area contributed by atoms with E-state index in [0.717, 1.165) is 10.2 Å². The second kappa shape index (κ2) is 10.5. The lowest BCUT2D eigenvalue weighted by molar-refractivity contribution is 0.211. The van der Waals surface area contributed by atoms with Crippen molar-refractivity contribution in [1.29, 1.82) is 0 Å². The average Bonchev–Trinajstić information content (AvgIpc) is 3.09. The predicted octanol–water partition coefficient (Wildman–Crippen LogP) is 3.69. The van der Waals surface area contributed by atoms with Gasteiger partial charge in [0.1, 0.15) is 30.0 Å². The first-order valence-electron chi connectivity index (χ1n) is 10.3. The first-order chi connectivity index (χ1) is 15.6. The quantitative estimate of drug-likeness (QED) is 0.470. The molecule has 3 aromatic rings. The van der Waals surface area contributed by atoms with Gasteiger partial charge in [0.2, 0.25) is 0 Å². The van der Waals surface area contributed by atoms with E-state index < -0.39 is 18.1 Å². The Balaban J connectivity index is 2.19. The third kappa shape index (κ3) is 5.75. The van der Waals surface area contributed by atoms with Gasteiger partial charge in [-0.2, -0.15) is 4.68 Å². The number of ether oxygens (including phenoxy) is 1. The summed E-state index contributed by atoms with van der Waals surface area (Å²) in [6, 6.07) is 6.50.